The molecule has 0 aliphatic rings. The summed E-state index contributed by atoms with van der Waals surface area (Å²) in [6, 6.07) is 7.21. The van der Waals surface area contributed by atoms with Gasteiger partial charge in [-0.2, -0.15) is 5.26 Å². The predicted molar refractivity (Wildman–Crippen MR) is 84.1 cm³/mol. The molecule has 21 heavy (non-hydrogen) atoms. The molecular formula is C16H19ClN2O2. The maximum absolute atomic E-state index is 11.4. The molecule has 0 radical (unpaired) electrons. The Morgan fingerprint density at radius 1 is 1.48 bits per heavy atom. The molecule has 112 valence electrons. The molecule has 0 unspecified atom stereocenters. The first kappa shape index (κ1) is 17.1. The van der Waals surface area contributed by atoms with Gasteiger partial charge in [0.15, 0.2) is 0 Å². The quantitative estimate of drug-likeness (QED) is 0.850. The van der Waals surface area contributed by atoms with Crippen LogP contribution in [0, 0.1) is 11.3 Å². The minimum absolute atomic E-state index is 0.434. The summed E-state index contributed by atoms with van der Waals surface area (Å²) in [4.78, 5) is 11.4. The van der Waals surface area contributed by atoms with Gasteiger partial charge in [-0.1, -0.05) is 23.8 Å². The first-order valence-corrected chi connectivity index (χ1v) is 7.02. The molecule has 1 rings (SSSR count). The third-order valence-electron chi connectivity index (χ3n) is 2.41. The molecule has 0 heterocycles. The van der Waals surface area contributed by atoms with Crippen LogP contribution in [0.2, 0.25) is 5.02 Å². The largest absolute Gasteiger partial charge is 0.444 e. The number of hydrogen-bond donors (Lipinski definition) is 1. The van der Waals surface area contributed by atoms with Crippen molar-refractivity contribution in [1.29, 1.82) is 5.26 Å². The Bertz CT molecular complexity index is 569. The van der Waals surface area contributed by atoms with Crippen molar-refractivity contribution >= 4 is 23.8 Å². The predicted octanol–water partition coefficient (Wildman–Crippen LogP) is 4.14. The van der Waals surface area contributed by atoms with Crippen LogP contribution in [0.5, 0.6) is 0 Å². The molecule has 0 saturated heterocycles. The van der Waals surface area contributed by atoms with Gasteiger partial charge in [-0.3, -0.25) is 0 Å². The molecule has 1 N–H and O–H groups in total. The lowest BCUT2D eigenvalue weighted by atomic mass is 10.1. The number of rotatable bonds is 4. The van der Waals surface area contributed by atoms with Gasteiger partial charge in [-0.05, 0) is 51.0 Å². The first-order valence-electron chi connectivity index (χ1n) is 6.65. The summed E-state index contributed by atoms with van der Waals surface area (Å²) in [6.07, 6.45) is 3.90. The van der Waals surface area contributed by atoms with Crippen molar-refractivity contribution in [2.24, 2.45) is 0 Å². The molecule has 0 spiro atoms. The lowest BCUT2D eigenvalue weighted by Crippen LogP contribution is -2.32. The van der Waals surface area contributed by atoms with Crippen molar-refractivity contribution < 1.29 is 9.53 Å². The van der Waals surface area contributed by atoms with Crippen molar-refractivity contribution in [2.75, 3.05) is 6.54 Å². The molecule has 1 aromatic rings. The smallest absolute Gasteiger partial charge is 0.407 e. The highest BCUT2D eigenvalue weighted by molar-refractivity contribution is 6.30. The topological polar surface area (TPSA) is 62.1 Å². The van der Waals surface area contributed by atoms with Crippen molar-refractivity contribution in [3.8, 4) is 6.07 Å². The van der Waals surface area contributed by atoms with Crippen LogP contribution in [0.3, 0.4) is 0 Å². The number of alkyl carbamates (subject to hydrolysis) is 1. The average Bonchev–Trinajstić information content (AvgIpc) is 2.36. The number of nitrogens with one attached hydrogen (secondary N) is 1. The number of benzene rings is 1. The summed E-state index contributed by atoms with van der Waals surface area (Å²) >= 11 is 5.90. The van der Waals surface area contributed by atoms with Crippen LogP contribution < -0.4 is 5.32 Å². The van der Waals surface area contributed by atoms with E-state index in [1.54, 1.807) is 18.2 Å². The summed E-state index contributed by atoms with van der Waals surface area (Å²) < 4.78 is 5.12. The fourth-order valence-electron chi connectivity index (χ4n) is 1.56. The Morgan fingerprint density at radius 2 is 2.19 bits per heavy atom. The first-order chi connectivity index (χ1) is 9.81. The fraction of sp³-hybridized carbons (Fsp3) is 0.375. The molecule has 0 saturated carbocycles. The van der Waals surface area contributed by atoms with Crippen LogP contribution in [0.15, 0.2) is 24.3 Å². The SMILES string of the molecule is CC(C)(C)OC(=O)NCCC=Cc1cc(Cl)ccc1C#N. The number of nitriles is 1. The monoisotopic (exact) mass is 306 g/mol. The van der Waals surface area contributed by atoms with E-state index in [2.05, 4.69) is 11.4 Å². The molecule has 0 fully saturated rings. The number of carbonyl (C=O) groups is 1. The van der Waals surface area contributed by atoms with Crippen molar-refractivity contribution in [3.63, 3.8) is 0 Å². The highest BCUT2D eigenvalue weighted by atomic mass is 35.5. The Kier molecular flexibility index (Phi) is 6.26. The van der Waals surface area contributed by atoms with Crippen LogP contribution >= 0.6 is 11.6 Å². The molecule has 1 amide bonds. The highest BCUT2D eigenvalue weighted by Crippen LogP contribution is 2.17. The summed E-state index contributed by atoms with van der Waals surface area (Å²) in [5.41, 5.74) is 0.834. The van der Waals surface area contributed by atoms with Crippen molar-refractivity contribution in [2.45, 2.75) is 32.8 Å². The summed E-state index contributed by atoms with van der Waals surface area (Å²) in [6.45, 7) is 5.91. The second kappa shape index (κ2) is 7.70. The summed E-state index contributed by atoms with van der Waals surface area (Å²) in [7, 11) is 0. The lowest BCUT2D eigenvalue weighted by molar-refractivity contribution is 0.0529. The minimum atomic E-state index is -0.498. The van der Waals surface area contributed by atoms with E-state index in [4.69, 9.17) is 21.6 Å². The number of nitrogens with zero attached hydrogens (tertiary/aromatic N) is 1. The molecular weight excluding hydrogens is 288 g/mol. The maximum Gasteiger partial charge on any atom is 0.407 e. The zero-order valence-corrected chi connectivity index (χ0v) is 13.2. The number of ether oxygens (including phenoxy) is 1. The van der Waals surface area contributed by atoms with Gasteiger partial charge in [0.1, 0.15) is 5.60 Å². The minimum Gasteiger partial charge on any atom is -0.444 e. The molecule has 0 bridgehead atoms. The van der Waals surface area contributed by atoms with E-state index in [-0.39, 0.29) is 0 Å². The van der Waals surface area contributed by atoms with Gasteiger partial charge >= 0.3 is 6.09 Å². The van der Waals surface area contributed by atoms with Gasteiger partial charge in [-0.25, -0.2) is 4.79 Å². The number of carbonyl (C=O) groups excluding carboxylic acids is 1. The van der Waals surface area contributed by atoms with Gasteiger partial charge in [0.25, 0.3) is 0 Å². The Morgan fingerprint density at radius 3 is 2.81 bits per heavy atom. The van der Waals surface area contributed by atoms with E-state index in [0.29, 0.717) is 23.6 Å². The number of amides is 1. The van der Waals surface area contributed by atoms with Gasteiger partial charge in [0.2, 0.25) is 0 Å². The van der Waals surface area contributed by atoms with Gasteiger partial charge < -0.3 is 10.1 Å². The van der Waals surface area contributed by atoms with Crippen LogP contribution in [0.1, 0.15) is 38.3 Å². The molecule has 4 nitrogen and oxygen atoms in total. The average molecular weight is 307 g/mol. The van der Waals surface area contributed by atoms with Crippen LogP contribution in [0.25, 0.3) is 6.08 Å². The lowest BCUT2D eigenvalue weighted by Gasteiger charge is -2.19. The number of hydrogen-bond acceptors (Lipinski definition) is 3. The van der Waals surface area contributed by atoms with E-state index < -0.39 is 11.7 Å². The Balaban J connectivity index is 2.45. The van der Waals surface area contributed by atoms with Crippen molar-refractivity contribution in [3.05, 3.63) is 40.4 Å². The normalized spacial score (nSPS) is 11.2. The standard InChI is InChI=1S/C16H19ClN2O2/c1-16(2,3)21-15(20)19-9-5-4-6-12-10-14(17)8-7-13(12)11-18/h4,6-8,10H,5,9H2,1-3H3,(H,19,20). The molecule has 0 atom stereocenters. The summed E-state index contributed by atoms with van der Waals surface area (Å²) in [5.74, 6) is 0. The third-order valence-corrected chi connectivity index (χ3v) is 2.65. The van der Waals surface area contributed by atoms with E-state index >= 15 is 0 Å². The molecule has 1 aromatic carbocycles. The Hall–Kier alpha value is -1.99. The molecule has 0 aromatic heterocycles. The van der Waals surface area contributed by atoms with E-state index in [0.717, 1.165) is 5.56 Å². The molecule has 5 heteroatoms. The molecule has 0 aliphatic carbocycles. The zero-order valence-electron chi connectivity index (χ0n) is 12.4. The van der Waals surface area contributed by atoms with Gasteiger partial charge in [-0.15, -0.1) is 0 Å². The van der Waals surface area contributed by atoms with Crippen molar-refractivity contribution in [1.82, 2.24) is 5.32 Å². The Labute approximate surface area is 130 Å². The summed E-state index contributed by atoms with van der Waals surface area (Å²) in [5, 5.41) is 12.2. The van der Waals surface area contributed by atoms with Crippen LogP contribution in [-0.2, 0) is 4.74 Å². The zero-order chi connectivity index (χ0) is 15.9. The maximum atomic E-state index is 11.4. The van der Waals surface area contributed by atoms with Crippen LogP contribution in [0.4, 0.5) is 4.79 Å². The fourth-order valence-corrected chi connectivity index (χ4v) is 1.74. The highest BCUT2D eigenvalue weighted by Gasteiger charge is 2.15. The van der Waals surface area contributed by atoms with E-state index in [9.17, 15) is 4.79 Å². The van der Waals surface area contributed by atoms with Gasteiger partial charge in [0, 0.05) is 11.6 Å². The van der Waals surface area contributed by atoms with E-state index in [1.165, 1.54) is 0 Å². The van der Waals surface area contributed by atoms with Crippen LogP contribution in [-0.4, -0.2) is 18.2 Å². The third kappa shape index (κ3) is 6.82. The second-order valence-electron chi connectivity index (χ2n) is 5.46. The second-order valence-corrected chi connectivity index (χ2v) is 5.90. The van der Waals surface area contributed by atoms with Gasteiger partial charge in [0.05, 0.1) is 11.6 Å². The molecule has 0 aliphatic heterocycles. The number of halogens is 1. The van der Waals surface area contributed by atoms with E-state index in [1.807, 2.05) is 32.9 Å².